The zero-order chi connectivity index (χ0) is 12.3. The molecule has 3 nitrogen and oxygen atoms in total. The highest BCUT2D eigenvalue weighted by Gasteiger charge is 2.03. The number of nitrogens with one attached hydrogen (secondary N) is 1. The van der Waals surface area contributed by atoms with Crippen molar-refractivity contribution in [2.75, 3.05) is 11.1 Å². The van der Waals surface area contributed by atoms with Gasteiger partial charge in [0.05, 0.1) is 0 Å². The fourth-order valence-electron chi connectivity index (χ4n) is 1.76. The molecule has 6 heteroatoms. The number of anilines is 2. The van der Waals surface area contributed by atoms with E-state index in [1.54, 1.807) is 6.20 Å². The van der Waals surface area contributed by atoms with Gasteiger partial charge in [0, 0.05) is 30.3 Å². The summed E-state index contributed by atoms with van der Waals surface area (Å²) in [5, 5.41) is 3.38. The summed E-state index contributed by atoms with van der Waals surface area (Å²) in [7, 11) is 0. The average Bonchev–Trinajstić information content (AvgIpc) is 2.36. The van der Waals surface area contributed by atoms with E-state index in [4.69, 9.17) is 5.73 Å². The van der Waals surface area contributed by atoms with Crippen LogP contribution in [0, 0.1) is 13.8 Å². The highest BCUT2D eigenvalue weighted by Crippen LogP contribution is 2.24. The zero-order valence-electron chi connectivity index (χ0n) is 11.4. The van der Waals surface area contributed by atoms with Crippen molar-refractivity contribution in [1.29, 1.82) is 0 Å². The fraction of sp³-hybridized carbons (Fsp3) is 0.214. The number of nitrogens with two attached hydrogens (primary N) is 1. The van der Waals surface area contributed by atoms with Gasteiger partial charge in [-0.2, -0.15) is 0 Å². The van der Waals surface area contributed by atoms with Crippen molar-refractivity contribution in [2.45, 2.75) is 20.4 Å². The molecule has 2 aromatic rings. The number of rotatable bonds is 3. The van der Waals surface area contributed by atoms with Crippen LogP contribution in [-0.4, -0.2) is 4.98 Å². The standard InChI is InChI=1S/C14H17N3.3ClH/c1-10-5-6-13(11(2)14(10)15)17-9-12-4-3-7-16-8-12;;;/h3-8,17H,9,15H2,1-2H3;3*1H. The first-order chi connectivity index (χ1) is 8.18. The molecule has 1 aromatic heterocycles. The number of benzene rings is 1. The first kappa shape index (κ1) is 21.1. The van der Waals surface area contributed by atoms with Crippen LogP contribution in [0.25, 0.3) is 0 Å². The van der Waals surface area contributed by atoms with Gasteiger partial charge in [-0.25, -0.2) is 0 Å². The second-order valence-corrected chi connectivity index (χ2v) is 4.18. The van der Waals surface area contributed by atoms with Crippen LogP contribution in [0.4, 0.5) is 11.4 Å². The van der Waals surface area contributed by atoms with Crippen molar-refractivity contribution in [2.24, 2.45) is 0 Å². The van der Waals surface area contributed by atoms with Gasteiger partial charge in [0.25, 0.3) is 0 Å². The highest BCUT2D eigenvalue weighted by atomic mass is 35.5. The van der Waals surface area contributed by atoms with E-state index in [9.17, 15) is 0 Å². The summed E-state index contributed by atoms with van der Waals surface area (Å²) in [6.45, 7) is 4.82. The van der Waals surface area contributed by atoms with Crippen LogP contribution < -0.4 is 11.1 Å². The summed E-state index contributed by atoms with van der Waals surface area (Å²) in [6, 6.07) is 8.09. The summed E-state index contributed by atoms with van der Waals surface area (Å²) in [6.07, 6.45) is 3.64. The molecular formula is C14H20Cl3N3. The Labute approximate surface area is 138 Å². The Morgan fingerprint density at radius 1 is 1.10 bits per heavy atom. The number of nitrogens with zero attached hydrogens (tertiary/aromatic N) is 1. The molecule has 1 heterocycles. The van der Waals surface area contributed by atoms with Crippen LogP contribution in [0.3, 0.4) is 0 Å². The van der Waals surface area contributed by atoms with Crippen molar-refractivity contribution in [1.82, 2.24) is 4.98 Å². The third kappa shape index (κ3) is 5.08. The first-order valence-electron chi connectivity index (χ1n) is 5.67. The van der Waals surface area contributed by atoms with Crippen LogP contribution in [0.1, 0.15) is 16.7 Å². The lowest BCUT2D eigenvalue weighted by Gasteiger charge is -2.13. The molecule has 1 aromatic carbocycles. The number of hydrogen-bond donors (Lipinski definition) is 2. The van der Waals surface area contributed by atoms with Gasteiger partial charge >= 0.3 is 0 Å². The van der Waals surface area contributed by atoms with E-state index in [0.717, 1.165) is 34.6 Å². The van der Waals surface area contributed by atoms with Gasteiger partial charge in [0.2, 0.25) is 0 Å². The number of aryl methyl sites for hydroxylation is 1. The monoisotopic (exact) mass is 335 g/mol. The second-order valence-electron chi connectivity index (χ2n) is 4.18. The van der Waals surface area contributed by atoms with Crippen molar-refractivity contribution in [3.63, 3.8) is 0 Å². The van der Waals surface area contributed by atoms with Crippen molar-refractivity contribution in [3.05, 3.63) is 53.3 Å². The van der Waals surface area contributed by atoms with Crippen LogP contribution in [0.5, 0.6) is 0 Å². The highest BCUT2D eigenvalue weighted by molar-refractivity contribution is 5.86. The third-order valence-electron chi connectivity index (χ3n) is 2.94. The SMILES string of the molecule is Cc1ccc(NCc2cccnc2)c(C)c1N.Cl.Cl.Cl. The molecule has 0 atom stereocenters. The Kier molecular flexibility index (Phi) is 10.3. The quantitative estimate of drug-likeness (QED) is 0.828. The molecule has 0 fully saturated rings. The first-order valence-corrected chi connectivity index (χ1v) is 5.67. The predicted octanol–water partition coefficient (Wildman–Crippen LogP) is 4.16. The summed E-state index contributed by atoms with van der Waals surface area (Å²) < 4.78 is 0. The Hall–Kier alpha value is -1.16. The maximum absolute atomic E-state index is 6.00. The second kappa shape index (κ2) is 9.70. The van der Waals surface area contributed by atoms with E-state index >= 15 is 0 Å². The molecule has 0 aliphatic rings. The van der Waals surface area contributed by atoms with E-state index < -0.39 is 0 Å². The Morgan fingerprint density at radius 2 is 1.80 bits per heavy atom. The van der Waals surface area contributed by atoms with Gasteiger partial charge in [0.1, 0.15) is 0 Å². The lowest BCUT2D eigenvalue weighted by Crippen LogP contribution is -2.03. The molecule has 0 amide bonds. The Morgan fingerprint density at radius 3 is 2.40 bits per heavy atom. The minimum absolute atomic E-state index is 0. The number of pyridine rings is 1. The van der Waals surface area contributed by atoms with Crippen LogP contribution in [-0.2, 0) is 6.54 Å². The Balaban J connectivity index is 0. The predicted molar refractivity (Wildman–Crippen MR) is 93.6 cm³/mol. The number of nitrogen functional groups attached to an aromatic ring is 1. The van der Waals surface area contributed by atoms with E-state index in [1.165, 1.54) is 0 Å². The molecule has 0 saturated heterocycles. The molecule has 112 valence electrons. The van der Waals surface area contributed by atoms with E-state index in [1.807, 2.05) is 38.2 Å². The van der Waals surface area contributed by atoms with Gasteiger partial charge in [-0.15, -0.1) is 37.2 Å². The molecule has 0 saturated carbocycles. The summed E-state index contributed by atoms with van der Waals surface area (Å²) in [5.41, 5.74) is 11.3. The molecule has 0 aliphatic carbocycles. The maximum Gasteiger partial charge on any atom is 0.0416 e. The molecule has 0 unspecified atom stereocenters. The van der Waals surface area contributed by atoms with E-state index in [0.29, 0.717) is 0 Å². The molecule has 0 radical (unpaired) electrons. The summed E-state index contributed by atoms with van der Waals surface area (Å²) >= 11 is 0. The van der Waals surface area contributed by atoms with E-state index in [-0.39, 0.29) is 37.2 Å². The molecule has 3 N–H and O–H groups in total. The lowest BCUT2D eigenvalue weighted by molar-refractivity contribution is 1.11. The van der Waals surface area contributed by atoms with Crippen molar-refractivity contribution < 1.29 is 0 Å². The smallest absolute Gasteiger partial charge is 0.0416 e. The van der Waals surface area contributed by atoms with Gasteiger partial charge in [-0.05, 0) is 42.7 Å². The van der Waals surface area contributed by atoms with Crippen LogP contribution >= 0.6 is 37.2 Å². The number of halogens is 3. The Bertz CT molecular complexity index is 519. The lowest BCUT2D eigenvalue weighted by atomic mass is 10.1. The minimum atomic E-state index is 0. The van der Waals surface area contributed by atoms with Gasteiger partial charge in [-0.1, -0.05) is 12.1 Å². The van der Waals surface area contributed by atoms with Gasteiger partial charge in [0.15, 0.2) is 0 Å². The van der Waals surface area contributed by atoms with Crippen LogP contribution in [0.2, 0.25) is 0 Å². The minimum Gasteiger partial charge on any atom is -0.398 e. The number of hydrogen-bond acceptors (Lipinski definition) is 3. The molecule has 20 heavy (non-hydrogen) atoms. The molecule has 0 aliphatic heterocycles. The largest absolute Gasteiger partial charge is 0.398 e. The zero-order valence-corrected chi connectivity index (χ0v) is 13.9. The van der Waals surface area contributed by atoms with Crippen molar-refractivity contribution >= 4 is 48.6 Å². The van der Waals surface area contributed by atoms with Gasteiger partial charge < -0.3 is 11.1 Å². The summed E-state index contributed by atoms with van der Waals surface area (Å²) in [5.74, 6) is 0. The average molecular weight is 337 g/mol. The van der Waals surface area contributed by atoms with Crippen molar-refractivity contribution in [3.8, 4) is 0 Å². The molecular weight excluding hydrogens is 317 g/mol. The third-order valence-corrected chi connectivity index (χ3v) is 2.94. The topological polar surface area (TPSA) is 50.9 Å². The molecule has 0 bridgehead atoms. The van der Waals surface area contributed by atoms with Crippen LogP contribution in [0.15, 0.2) is 36.7 Å². The normalized spacial score (nSPS) is 8.70. The summed E-state index contributed by atoms with van der Waals surface area (Å²) in [4.78, 5) is 4.09. The van der Waals surface area contributed by atoms with E-state index in [2.05, 4.69) is 16.4 Å². The fourth-order valence-corrected chi connectivity index (χ4v) is 1.76. The number of aromatic nitrogens is 1. The van der Waals surface area contributed by atoms with Gasteiger partial charge in [-0.3, -0.25) is 4.98 Å². The molecule has 0 spiro atoms. The molecule has 2 rings (SSSR count). The maximum atomic E-state index is 6.00.